The van der Waals surface area contributed by atoms with Crippen LogP contribution < -0.4 is 15.0 Å². The Labute approximate surface area is 234 Å². The van der Waals surface area contributed by atoms with Crippen LogP contribution in [-0.4, -0.2) is 53.4 Å². The molecule has 0 unspecified atom stereocenters. The summed E-state index contributed by atoms with van der Waals surface area (Å²) in [6.45, 7) is 3.58. The quantitative estimate of drug-likeness (QED) is 0.275. The molecule has 2 aromatic carbocycles. The summed E-state index contributed by atoms with van der Waals surface area (Å²) in [4.78, 5) is 32.0. The molecule has 0 aliphatic carbocycles. The molecule has 4 rings (SSSR count). The minimum atomic E-state index is -4.56. The van der Waals surface area contributed by atoms with Crippen molar-refractivity contribution < 1.29 is 32.9 Å². The van der Waals surface area contributed by atoms with Crippen LogP contribution in [0.25, 0.3) is 16.3 Å². The molecule has 0 amide bonds. The summed E-state index contributed by atoms with van der Waals surface area (Å²) in [5, 5.41) is 21.1. The van der Waals surface area contributed by atoms with Crippen LogP contribution in [0.1, 0.15) is 41.0 Å². The largest absolute Gasteiger partial charge is 0.494 e. The number of aryl methyl sites for hydroxylation is 2. The maximum absolute atomic E-state index is 13.7. The third-order valence-corrected chi connectivity index (χ3v) is 8.96. The second-order valence-electron chi connectivity index (χ2n) is 8.69. The van der Waals surface area contributed by atoms with Crippen LogP contribution in [0, 0.1) is 6.92 Å². The van der Waals surface area contributed by atoms with Crippen molar-refractivity contribution in [3.05, 3.63) is 69.2 Å². The summed E-state index contributed by atoms with van der Waals surface area (Å²) >= 11 is 1.16. The molecule has 0 radical (unpaired) electrons. The number of aromatic hydroxyl groups is 1. The van der Waals surface area contributed by atoms with Crippen LogP contribution in [0.5, 0.6) is 17.4 Å². The van der Waals surface area contributed by atoms with Crippen molar-refractivity contribution in [3.8, 4) is 33.6 Å². The van der Waals surface area contributed by atoms with Gasteiger partial charge in [-0.1, -0.05) is 31.5 Å². The predicted molar refractivity (Wildman–Crippen MR) is 148 cm³/mol. The molecule has 0 saturated heterocycles. The number of hydrogen-bond acceptors (Lipinski definition) is 10. The lowest BCUT2D eigenvalue weighted by molar-refractivity contribution is 0.0690. The van der Waals surface area contributed by atoms with E-state index in [1.165, 1.54) is 43.1 Å². The molecule has 0 aliphatic rings. The first kappa shape index (κ1) is 28.8. The van der Waals surface area contributed by atoms with Crippen molar-refractivity contribution in [2.45, 2.75) is 42.9 Å². The molecule has 13 heteroatoms. The summed E-state index contributed by atoms with van der Waals surface area (Å²) in [6, 6.07) is 10.3. The molecule has 2 aromatic heterocycles. The van der Waals surface area contributed by atoms with Gasteiger partial charge in [-0.2, -0.15) is 4.98 Å². The summed E-state index contributed by atoms with van der Waals surface area (Å²) in [6.07, 6.45) is 1.66. The van der Waals surface area contributed by atoms with Gasteiger partial charge in [-0.3, -0.25) is 9.36 Å². The van der Waals surface area contributed by atoms with Gasteiger partial charge in [-0.15, -0.1) is 11.3 Å². The average Bonchev–Trinajstić information content (AvgIpc) is 3.33. The molecule has 2 N–H and O–H groups in total. The molecule has 0 saturated carbocycles. The number of carbonyl (C=O) groups is 1. The Bertz CT molecular complexity index is 1720. The smallest absolute Gasteiger partial charge is 0.355 e. The third kappa shape index (κ3) is 5.17. The van der Waals surface area contributed by atoms with Crippen LogP contribution in [0.4, 0.5) is 0 Å². The number of unbranched alkanes of at least 4 members (excludes halogenated alkanes) is 1. The van der Waals surface area contributed by atoms with E-state index in [4.69, 9.17) is 9.47 Å². The Hall–Kier alpha value is -4.23. The molecule has 4 aromatic rings. The number of nitrogens with zero attached hydrogens (tertiary/aromatic N) is 3. The number of methoxy groups -OCH3 is 2. The van der Waals surface area contributed by atoms with Crippen molar-refractivity contribution in [2.24, 2.45) is 0 Å². The number of ether oxygens (including phenoxy) is 2. The van der Waals surface area contributed by atoms with E-state index in [9.17, 15) is 28.2 Å². The summed E-state index contributed by atoms with van der Waals surface area (Å²) in [5.41, 5.74) is -0.487. The fourth-order valence-corrected chi connectivity index (χ4v) is 6.42. The molecule has 210 valence electrons. The zero-order valence-electron chi connectivity index (χ0n) is 22.2. The van der Waals surface area contributed by atoms with Gasteiger partial charge in [0.1, 0.15) is 28.0 Å². The van der Waals surface area contributed by atoms with E-state index in [1.807, 2.05) is 6.92 Å². The lowest BCUT2D eigenvalue weighted by Gasteiger charge is -2.21. The molecule has 11 nitrogen and oxygen atoms in total. The third-order valence-electron chi connectivity index (χ3n) is 6.16. The standard InChI is InChI=1S/C27H27N3O8S2/c1-5-6-10-20-28-24(31)23(26(32)30(20)22-18(37-3)8-7-9-19(22)38-4)40(35,36)17-13-11-16(12-14-17)25-29-21(27(33)34)15(2)39-25/h7-9,11-14,32H,5-6,10H2,1-4H3,(H,33,34). The first-order valence-corrected chi connectivity index (χ1v) is 14.5. The minimum absolute atomic E-state index is 0.0804. The second-order valence-corrected chi connectivity index (χ2v) is 11.8. The maximum Gasteiger partial charge on any atom is 0.355 e. The summed E-state index contributed by atoms with van der Waals surface area (Å²) < 4.78 is 39.6. The van der Waals surface area contributed by atoms with E-state index < -0.39 is 32.1 Å². The van der Waals surface area contributed by atoms with Crippen molar-refractivity contribution in [1.82, 2.24) is 14.5 Å². The van der Waals surface area contributed by atoms with E-state index >= 15 is 0 Å². The Morgan fingerprint density at radius 3 is 2.20 bits per heavy atom. The highest BCUT2D eigenvalue weighted by atomic mass is 32.2. The molecular weight excluding hydrogens is 558 g/mol. The van der Waals surface area contributed by atoms with E-state index in [0.717, 1.165) is 17.8 Å². The minimum Gasteiger partial charge on any atom is -0.494 e. The van der Waals surface area contributed by atoms with Crippen LogP contribution in [0.3, 0.4) is 0 Å². The number of hydrogen-bond donors (Lipinski definition) is 2. The number of para-hydroxylation sites is 1. The molecule has 40 heavy (non-hydrogen) atoms. The SMILES string of the molecule is CCCCc1nc(=O)c(S(=O)(=O)c2ccc(-c3nc(C(=O)O)c(C)s3)cc2)c(O)n1-c1c(OC)cccc1OC. The Morgan fingerprint density at radius 2 is 1.68 bits per heavy atom. The van der Waals surface area contributed by atoms with Crippen LogP contribution in [0.15, 0.2) is 57.1 Å². The van der Waals surface area contributed by atoms with Gasteiger partial charge in [0.05, 0.1) is 19.1 Å². The normalized spacial score (nSPS) is 11.4. The zero-order chi connectivity index (χ0) is 29.2. The number of rotatable bonds is 10. The first-order chi connectivity index (χ1) is 19.0. The van der Waals surface area contributed by atoms with Crippen molar-refractivity contribution >= 4 is 27.1 Å². The van der Waals surface area contributed by atoms with Gasteiger partial charge in [0.25, 0.3) is 5.56 Å². The van der Waals surface area contributed by atoms with E-state index in [-0.39, 0.29) is 40.0 Å². The molecule has 2 heterocycles. The van der Waals surface area contributed by atoms with Crippen LogP contribution >= 0.6 is 11.3 Å². The number of carboxylic acids is 1. The maximum atomic E-state index is 13.7. The van der Waals surface area contributed by atoms with E-state index in [0.29, 0.717) is 21.9 Å². The van der Waals surface area contributed by atoms with Gasteiger partial charge >= 0.3 is 5.97 Å². The van der Waals surface area contributed by atoms with Crippen molar-refractivity contribution in [3.63, 3.8) is 0 Å². The number of carboxylic acid groups (broad SMARTS) is 1. The molecule has 0 aliphatic heterocycles. The second kappa shape index (κ2) is 11.5. The fraction of sp³-hybridized carbons (Fsp3) is 0.259. The van der Waals surface area contributed by atoms with Gasteiger partial charge in [0.2, 0.25) is 15.7 Å². The Morgan fingerprint density at radius 1 is 1.05 bits per heavy atom. The first-order valence-electron chi connectivity index (χ1n) is 12.2. The highest BCUT2D eigenvalue weighted by Gasteiger charge is 2.32. The topological polar surface area (TPSA) is 158 Å². The Balaban J connectivity index is 1.90. The van der Waals surface area contributed by atoms with Gasteiger partial charge in [-0.05, 0) is 37.6 Å². The number of thiazole rings is 1. The number of aromatic nitrogens is 3. The summed E-state index contributed by atoms with van der Waals surface area (Å²) in [5.74, 6) is -1.29. The number of aromatic carboxylic acids is 1. The van der Waals surface area contributed by atoms with Gasteiger partial charge in [0.15, 0.2) is 10.6 Å². The molecule has 0 bridgehead atoms. The predicted octanol–water partition coefficient (Wildman–Crippen LogP) is 4.26. The van der Waals surface area contributed by atoms with E-state index in [1.54, 1.807) is 25.1 Å². The lowest BCUT2D eigenvalue weighted by atomic mass is 10.2. The van der Waals surface area contributed by atoms with Crippen molar-refractivity contribution in [1.29, 1.82) is 0 Å². The molecule has 0 spiro atoms. The lowest BCUT2D eigenvalue weighted by Crippen LogP contribution is -2.25. The molecule has 0 fully saturated rings. The van der Waals surface area contributed by atoms with Crippen LogP contribution in [0.2, 0.25) is 0 Å². The number of sulfone groups is 1. The molecular formula is C27H27N3O8S2. The Kier molecular flexibility index (Phi) is 8.26. The van der Waals surface area contributed by atoms with Crippen LogP contribution in [-0.2, 0) is 16.3 Å². The monoisotopic (exact) mass is 585 g/mol. The van der Waals surface area contributed by atoms with Gasteiger partial charge in [0, 0.05) is 16.9 Å². The van der Waals surface area contributed by atoms with Gasteiger partial charge in [-0.25, -0.2) is 18.2 Å². The highest BCUT2D eigenvalue weighted by Crippen LogP contribution is 2.38. The average molecular weight is 586 g/mol. The summed E-state index contributed by atoms with van der Waals surface area (Å²) in [7, 11) is -1.73. The number of benzene rings is 2. The van der Waals surface area contributed by atoms with Gasteiger partial charge < -0.3 is 19.7 Å². The molecule has 0 atom stereocenters. The zero-order valence-corrected chi connectivity index (χ0v) is 23.8. The van der Waals surface area contributed by atoms with E-state index in [2.05, 4.69) is 9.97 Å². The van der Waals surface area contributed by atoms with Crippen molar-refractivity contribution in [2.75, 3.05) is 14.2 Å². The highest BCUT2D eigenvalue weighted by molar-refractivity contribution is 7.91. The fourth-order valence-electron chi connectivity index (χ4n) is 4.17.